The van der Waals surface area contributed by atoms with E-state index in [-0.39, 0.29) is 0 Å². The van der Waals surface area contributed by atoms with E-state index in [0.29, 0.717) is 6.42 Å². The molecule has 1 atom stereocenters. The Labute approximate surface area is 101 Å². The normalized spacial score (nSPS) is 23.9. The number of allylic oxidation sites excluding steroid dienone is 3. The van der Waals surface area contributed by atoms with Crippen LogP contribution in [0.3, 0.4) is 0 Å². The highest BCUT2D eigenvalue weighted by Gasteiger charge is 2.37. The van der Waals surface area contributed by atoms with Gasteiger partial charge in [0.05, 0.1) is 5.41 Å². The number of carbonyl (C=O) groups is 1. The molecule has 2 nitrogen and oxygen atoms in total. The smallest absolute Gasteiger partial charge is 0.313 e. The second kappa shape index (κ2) is 4.21. The van der Waals surface area contributed by atoms with Gasteiger partial charge in [-0.25, -0.2) is 0 Å². The van der Waals surface area contributed by atoms with Gasteiger partial charge in [0, 0.05) is 0 Å². The molecule has 0 bridgehead atoms. The summed E-state index contributed by atoms with van der Waals surface area (Å²) in [7, 11) is 0. The number of hydrogen-bond acceptors (Lipinski definition) is 1. The molecular formula is C15H16O2. The fraction of sp³-hybridized carbons (Fsp3) is 0.267. The quantitative estimate of drug-likeness (QED) is 0.841. The van der Waals surface area contributed by atoms with Gasteiger partial charge in [-0.2, -0.15) is 0 Å². The van der Waals surface area contributed by atoms with Crippen molar-refractivity contribution in [2.45, 2.75) is 20.3 Å². The predicted octanol–water partition coefficient (Wildman–Crippen LogP) is 3.51. The van der Waals surface area contributed by atoms with Gasteiger partial charge in [0.1, 0.15) is 0 Å². The summed E-state index contributed by atoms with van der Waals surface area (Å²) in [5.74, 6) is -0.757. The monoisotopic (exact) mass is 228 g/mol. The van der Waals surface area contributed by atoms with E-state index in [1.165, 1.54) is 0 Å². The van der Waals surface area contributed by atoms with Gasteiger partial charge in [-0.3, -0.25) is 4.79 Å². The summed E-state index contributed by atoms with van der Waals surface area (Å²) in [6.45, 7) is 3.67. The molecule has 0 fully saturated rings. The van der Waals surface area contributed by atoms with Gasteiger partial charge in [0.15, 0.2) is 0 Å². The van der Waals surface area contributed by atoms with E-state index < -0.39 is 11.4 Å². The molecule has 2 heteroatoms. The third kappa shape index (κ3) is 2.03. The minimum Gasteiger partial charge on any atom is -0.481 e. The predicted molar refractivity (Wildman–Crippen MR) is 68.5 cm³/mol. The first-order valence-electron chi connectivity index (χ1n) is 5.71. The minimum atomic E-state index is -0.778. The van der Waals surface area contributed by atoms with Crippen LogP contribution in [-0.2, 0) is 4.79 Å². The van der Waals surface area contributed by atoms with Crippen LogP contribution in [0.5, 0.6) is 0 Å². The largest absolute Gasteiger partial charge is 0.481 e. The SMILES string of the molecule is CC1=CC=C(c2ccccc2)CC1(C)C(=O)O. The molecule has 1 N–H and O–H groups in total. The van der Waals surface area contributed by atoms with E-state index in [0.717, 1.165) is 16.7 Å². The summed E-state index contributed by atoms with van der Waals surface area (Å²) in [6, 6.07) is 9.94. The molecule has 1 aliphatic rings. The summed E-state index contributed by atoms with van der Waals surface area (Å²) in [4.78, 5) is 11.4. The molecule has 0 heterocycles. The summed E-state index contributed by atoms with van der Waals surface area (Å²) in [6.07, 6.45) is 4.49. The van der Waals surface area contributed by atoms with Crippen molar-refractivity contribution in [3.63, 3.8) is 0 Å². The zero-order valence-electron chi connectivity index (χ0n) is 10.1. The molecule has 1 aliphatic carbocycles. The Balaban J connectivity index is 2.39. The van der Waals surface area contributed by atoms with Crippen LogP contribution in [-0.4, -0.2) is 11.1 Å². The second-order valence-corrected chi connectivity index (χ2v) is 4.72. The van der Waals surface area contributed by atoms with Gasteiger partial charge in [0.2, 0.25) is 0 Å². The van der Waals surface area contributed by atoms with Gasteiger partial charge < -0.3 is 5.11 Å². The average molecular weight is 228 g/mol. The lowest BCUT2D eigenvalue weighted by atomic mass is 9.73. The molecule has 0 saturated heterocycles. The summed E-state index contributed by atoms with van der Waals surface area (Å²) in [5, 5.41) is 9.36. The lowest BCUT2D eigenvalue weighted by Gasteiger charge is -2.30. The van der Waals surface area contributed by atoms with Crippen molar-refractivity contribution < 1.29 is 9.90 Å². The van der Waals surface area contributed by atoms with Crippen LogP contribution in [0.1, 0.15) is 25.8 Å². The van der Waals surface area contributed by atoms with Crippen molar-refractivity contribution in [2.24, 2.45) is 5.41 Å². The Kier molecular flexibility index (Phi) is 2.88. The zero-order valence-corrected chi connectivity index (χ0v) is 10.1. The van der Waals surface area contributed by atoms with Crippen molar-refractivity contribution in [3.05, 3.63) is 53.6 Å². The molecule has 17 heavy (non-hydrogen) atoms. The van der Waals surface area contributed by atoms with Crippen molar-refractivity contribution in [2.75, 3.05) is 0 Å². The Hall–Kier alpha value is -1.83. The fourth-order valence-corrected chi connectivity index (χ4v) is 2.08. The molecule has 2 rings (SSSR count). The third-order valence-electron chi connectivity index (χ3n) is 3.57. The number of aliphatic carboxylic acids is 1. The van der Waals surface area contributed by atoms with Crippen LogP contribution in [0.15, 0.2) is 48.1 Å². The molecule has 0 amide bonds. The van der Waals surface area contributed by atoms with E-state index >= 15 is 0 Å². The van der Waals surface area contributed by atoms with E-state index in [4.69, 9.17) is 0 Å². The van der Waals surface area contributed by atoms with Crippen molar-refractivity contribution in [1.82, 2.24) is 0 Å². The van der Waals surface area contributed by atoms with Crippen molar-refractivity contribution >= 4 is 11.5 Å². The summed E-state index contributed by atoms with van der Waals surface area (Å²) in [5.41, 5.74) is 2.31. The molecule has 88 valence electrons. The van der Waals surface area contributed by atoms with Crippen LogP contribution < -0.4 is 0 Å². The second-order valence-electron chi connectivity index (χ2n) is 4.72. The summed E-state index contributed by atoms with van der Waals surface area (Å²) < 4.78 is 0. The molecule has 0 aromatic heterocycles. The van der Waals surface area contributed by atoms with Gasteiger partial charge in [-0.15, -0.1) is 0 Å². The first-order chi connectivity index (χ1) is 8.04. The Morgan fingerprint density at radius 2 is 1.88 bits per heavy atom. The molecule has 1 aromatic carbocycles. The number of hydrogen-bond donors (Lipinski definition) is 1. The van der Waals surface area contributed by atoms with Crippen LogP contribution >= 0.6 is 0 Å². The number of rotatable bonds is 2. The molecule has 1 unspecified atom stereocenters. The third-order valence-corrected chi connectivity index (χ3v) is 3.57. The van der Waals surface area contributed by atoms with E-state index in [1.54, 1.807) is 6.92 Å². The fourth-order valence-electron chi connectivity index (χ4n) is 2.08. The average Bonchev–Trinajstić information content (AvgIpc) is 2.33. The van der Waals surface area contributed by atoms with Crippen LogP contribution in [0.25, 0.3) is 5.57 Å². The Morgan fingerprint density at radius 3 is 2.47 bits per heavy atom. The first-order valence-corrected chi connectivity index (χ1v) is 5.71. The first kappa shape index (κ1) is 11.6. The highest BCUT2D eigenvalue weighted by Crippen LogP contribution is 2.40. The Morgan fingerprint density at radius 1 is 1.24 bits per heavy atom. The molecule has 0 aliphatic heterocycles. The van der Waals surface area contributed by atoms with Crippen LogP contribution in [0, 0.1) is 5.41 Å². The zero-order chi connectivity index (χ0) is 12.5. The molecule has 0 saturated carbocycles. The van der Waals surface area contributed by atoms with Crippen LogP contribution in [0.2, 0.25) is 0 Å². The lowest BCUT2D eigenvalue weighted by Crippen LogP contribution is -2.30. The highest BCUT2D eigenvalue weighted by atomic mass is 16.4. The van der Waals surface area contributed by atoms with Gasteiger partial charge in [0.25, 0.3) is 0 Å². The molecule has 0 spiro atoms. The maximum atomic E-state index is 11.4. The van der Waals surface area contributed by atoms with Gasteiger partial charge >= 0.3 is 5.97 Å². The minimum absolute atomic E-state index is 0.550. The molecular weight excluding hydrogens is 212 g/mol. The topological polar surface area (TPSA) is 37.3 Å². The number of carboxylic acid groups (broad SMARTS) is 1. The highest BCUT2D eigenvalue weighted by molar-refractivity contribution is 5.84. The lowest BCUT2D eigenvalue weighted by molar-refractivity contribution is -0.145. The standard InChI is InChI=1S/C15H16O2/c1-11-8-9-13(10-15(11,2)14(16)17)12-6-4-3-5-7-12/h3-9H,10H2,1-2H3,(H,16,17). The van der Waals surface area contributed by atoms with Crippen LogP contribution in [0.4, 0.5) is 0 Å². The van der Waals surface area contributed by atoms with Gasteiger partial charge in [-0.05, 0) is 31.4 Å². The van der Waals surface area contributed by atoms with Crippen molar-refractivity contribution in [3.8, 4) is 0 Å². The maximum Gasteiger partial charge on any atom is 0.313 e. The Bertz CT molecular complexity index is 497. The summed E-state index contributed by atoms with van der Waals surface area (Å²) >= 11 is 0. The molecule has 1 aromatic rings. The van der Waals surface area contributed by atoms with E-state index in [2.05, 4.69) is 0 Å². The van der Waals surface area contributed by atoms with E-state index in [9.17, 15) is 9.90 Å². The van der Waals surface area contributed by atoms with E-state index in [1.807, 2.05) is 49.4 Å². The number of benzene rings is 1. The van der Waals surface area contributed by atoms with Gasteiger partial charge in [-0.1, -0.05) is 48.1 Å². The molecule has 0 radical (unpaired) electrons. The maximum absolute atomic E-state index is 11.4. The van der Waals surface area contributed by atoms with Crippen molar-refractivity contribution in [1.29, 1.82) is 0 Å². The number of carboxylic acids is 1.